The maximum Gasteiger partial charge on any atom is 0.140 e. The molecule has 0 bridgehead atoms. The molecule has 0 spiro atoms. The average Bonchev–Trinajstić information content (AvgIpc) is 2.80. The van der Waals surface area contributed by atoms with Gasteiger partial charge in [-0.2, -0.15) is 0 Å². The van der Waals surface area contributed by atoms with E-state index in [1.807, 2.05) is 5.38 Å². The van der Waals surface area contributed by atoms with E-state index < -0.39 is 6.10 Å². The normalized spacial score (nSPS) is 12.4. The van der Waals surface area contributed by atoms with E-state index in [-0.39, 0.29) is 0 Å². The lowest BCUT2D eigenvalue weighted by molar-refractivity contribution is 0.199. The number of aliphatic hydroxyl groups excluding tert-OH is 1. The van der Waals surface area contributed by atoms with Crippen LogP contribution in [0.5, 0.6) is 5.75 Å². The van der Waals surface area contributed by atoms with Gasteiger partial charge in [-0.05, 0) is 24.6 Å². The Kier molecular flexibility index (Phi) is 3.99. The van der Waals surface area contributed by atoms with Gasteiger partial charge in [-0.25, -0.2) is 4.98 Å². The summed E-state index contributed by atoms with van der Waals surface area (Å²) in [5.74, 6) is 0.603. The number of nitrogens with zero attached hydrogens (tertiary/aromatic N) is 1. The molecule has 2 aromatic rings. The van der Waals surface area contributed by atoms with E-state index >= 15 is 0 Å². The molecule has 0 radical (unpaired) electrons. The van der Waals surface area contributed by atoms with Crippen LogP contribution < -0.4 is 4.74 Å². The largest absolute Gasteiger partial charge is 0.485 e. The highest BCUT2D eigenvalue weighted by Gasteiger charge is 2.07. The lowest BCUT2D eigenvalue weighted by Gasteiger charge is -2.09. The minimum Gasteiger partial charge on any atom is -0.485 e. The van der Waals surface area contributed by atoms with Gasteiger partial charge in [0.15, 0.2) is 0 Å². The van der Waals surface area contributed by atoms with Gasteiger partial charge in [-0.15, -0.1) is 11.3 Å². The third-order valence-electron chi connectivity index (χ3n) is 2.27. The van der Waals surface area contributed by atoms with Crippen LogP contribution >= 0.6 is 22.9 Å². The van der Waals surface area contributed by atoms with Crippen molar-refractivity contribution < 1.29 is 9.84 Å². The molecule has 3 nitrogen and oxygen atoms in total. The molecule has 0 aliphatic carbocycles. The third kappa shape index (κ3) is 3.19. The zero-order chi connectivity index (χ0) is 12.3. The van der Waals surface area contributed by atoms with Crippen LogP contribution in [0.25, 0.3) is 0 Å². The number of ether oxygens (including phenoxy) is 1. The third-order valence-corrected chi connectivity index (χ3v) is 3.32. The summed E-state index contributed by atoms with van der Waals surface area (Å²) in [5.41, 5.74) is 0.775. The molecular formula is C12H12ClNO2S. The lowest BCUT2D eigenvalue weighted by Crippen LogP contribution is -1.97. The van der Waals surface area contributed by atoms with E-state index in [2.05, 4.69) is 4.98 Å². The number of rotatable bonds is 4. The first kappa shape index (κ1) is 12.4. The summed E-state index contributed by atoms with van der Waals surface area (Å²) >= 11 is 7.60. The van der Waals surface area contributed by atoms with Gasteiger partial charge in [0.1, 0.15) is 17.4 Å². The number of aromatic nitrogens is 1. The van der Waals surface area contributed by atoms with Gasteiger partial charge in [-0.1, -0.05) is 17.7 Å². The summed E-state index contributed by atoms with van der Waals surface area (Å²) in [7, 11) is 0. The van der Waals surface area contributed by atoms with Crippen LogP contribution in [0.1, 0.15) is 23.6 Å². The second kappa shape index (κ2) is 5.49. The fourth-order valence-corrected chi connectivity index (χ4v) is 2.13. The Morgan fingerprint density at radius 1 is 1.53 bits per heavy atom. The van der Waals surface area contributed by atoms with Crippen molar-refractivity contribution in [2.75, 3.05) is 0 Å². The van der Waals surface area contributed by atoms with Crippen LogP contribution in [0.4, 0.5) is 0 Å². The predicted molar refractivity (Wildman–Crippen MR) is 68.5 cm³/mol. The van der Waals surface area contributed by atoms with E-state index in [9.17, 15) is 5.11 Å². The van der Waals surface area contributed by atoms with Gasteiger partial charge in [0.2, 0.25) is 0 Å². The Bertz CT molecular complexity index is 485. The molecule has 2 rings (SSSR count). The molecule has 1 heterocycles. The first-order valence-corrected chi connectivity index (χ1v) is 6.41. The van der Waals surface area contributed by atoms with Crippen molar-refractivity contribution in [2.45, 2.75) is 19.6 Å². The first-order valence-electron chi connectivity index (χ1n) is 5.15. The summed E-state index contributed by atoms with van der Waals surface area (Å²) in [4.78, 5) is 4.12. The summed E-state index contributed by atoms with van der Waals surface area (Å²) < 4.78 is 5.55. The van der Waals surface area contributed by atoms with Crippen molar-refractivity contribution in [1.82, 2.24) is 4.98 Å². The lowest BCUT2D eigenvalue weighted by atomic mass is 10.1. The summed E-state index contributed by atoms with van der Waals surface area (Å²) in [5, 5.41) is 12.7. The van der Waals surface area contributed by atoms with Gasteiger partial charge < -0.3 is 9.84 Å². The molecule has 0 aliphatic heterocycles. The van der Waals surface area contributed by atoms with Gasteiger partial charge in [0, 0.05) is 11.6 Å². The molecule has 1 atom stereocenters. The zero-order valence-electron chi connectivity index (χ0n) is 9.26. The number of aliphatic hydroxyl groups is 1. The molecule has 0 saturated carbocycles. The number of hydrogen-bond donors (Lipinski definition) is 1. The molecule has 17 heavy (non-hydrogen) atoms. The number of hydrogen-bond acceptors (Lipinski definition) is 4. The zero-order valence-corrected chi connectivity index (χ0v) is 10.8. The van der Waals surface area contributed by atoms with Crippen molar-refractivity contribution in [3.63, 3.8) is 0 Å². The quantitative estimate of drug-likeness (QED) is 0.925. The number of thiazole rings is 1. The molecule has 1 aromatic heterocycles. The molecule has 0 saturated heterocycles. The number of benzene rings is 1. The summed E-state index contributed by atoms with van der Waals surface area (Å²) in [6, 6.07) is 5.27. The minimum absolute atomic E-state index is 0.408. The highest BCUT2D eigenvalue weighted by molar-refractivity contribution is 7.09. The van der Waals surface area contributed by atoms with Crippen LogP contribution in [0.15, 0.2) is 29.8 Å². The van der Waals surface area contributed by atoms with Gasteiger partial charge in [0.25, 0.3) is 0 Å². The Morgan fingerprint density at radius 2 is 2.35 bits per heavy atom. The van der Waals surface area contributed by atoms with E-state index in [0.29, 0.717) is 17.4 Å². The maximum atomic E-state index is 9.41. The standard InChI is InChI=1S/C12H12ClNO2S/c1-8(15)9-2-3-11(10(13)6-9)16-7-12-14-4-5-17-12/h2-6,8,15H,7H2,1H3/t8-/m0/s1. The van der Waals surface area contributed by atoms with Gasteiger partial charge >= 0.3 is 0 Å². The van der Waals surface area contributed by atoms with Crippen molar-refractivity contribution in [3.8, 4) is 5.75 Å². The summed E-state index contributed by atoms with van der Waals surface area (Å²) in [6.45, 7) is 2.10. The molecule has 5 heteroatoms. The molecule has 0 fully saturated rings. The van der Waals surface area contributed by atoms with Crippen LogP contribution in [-0.4, -0.2) is 10.1 Å². The first-order chi connectivity index (χ1) is 8.16. The van der Waals surface area contributed by atoms with Crippen molar-refractivity contribution in [3.05, 3.63) is 45.4 Å². The molecular weight excluding hydrogens is 258 g/mol. The highest BCUT2D eigenvalue weighted by atomic mass is 35.5. The Morgan fingerprint density at radius 3 is 2.94 bits per heavy atom. The average molecular weight is 270 g/mol. The maximum absolute atomic E-state index is 9.41. The van der Waals surface area contributed by atoms with Crippen LogP contribution in [-0.2, 0) is 6.61 Å². The molecule has 0 aliphatic rings. The fourth-order valence-electron chi connectivity index (χ4n) is 1.36. The smallest absolute Gasteiger partial charge is 0.140 e. The van der Waals surface area contributed by atoms with E-state index in [1.165, 1.54) is 11.3 Å². The minimum atomic E-state index is -0.527. The van der Waals surface area contributed by atoms with E-state index in [4.69, 9.17) is 16.3 Å². The Balaban J connectivity index is 2.06. The van der Waals surface area contributed by atoms with Gasteiger partial charge in [0.05, 0.1) is 11.1 Å². The van der Waals surface area contributed by atoms with Crippen LogP contribution in [0.2, 0.25) is 5.02 Å². The fraction of sp³-hybridized carbons (Fsp3) is 0.250. The second-order valence-electron chi connectivity index (χ2n) is 3.58. The molecule has 0 unspecified atom stereocenters. The van der Waals surface area contributed by atoms with Crippen LogP contribution in [0.3, 0.4) is 0 Å². The van der Waals surface area contributed by atoms with Crippen molar-refractivity contribution in [2.24, 2.45) is 0 Å². The number of halogens is 1. The monoisotopic (exact) mass is 269 g/mol. The highest BCUT2D eigenvalue weighted by Crippen LogP contribution is 2.28. The Labute approximate surface area is 109 Å². The van der Waals surface area contributed by atoms with E-state index in [1.54, 1.807) is 31.3 Å². The van der Waals surface area contributed by atoms with Crippen molar-refractivity contribution in [1.29, 1.82) is 0 Å². The molecule has 90 valence electrons. The SMILES string of the molecule is C[C@H](O)c1ccc(OCc2nccs2)c(Cl)c1. The van der Waals surface area contributed by atoms with Crippen LogP contribution in [0, 0.1) is 0 Å². The predicted octanol–water partition coefficient (Wildman–Crippen LogP) is 3.43. The van der Waals surface area contributed by atoms with Crippen molar-refractivity contribution >= 4 is 22.9 Å². The molecule has 1 N–H and O–H groups in total. The topological polar surface area (TPSA) is 42.4 Å². The van der Waals surface area contributed by atoms with Gasteiger partial charge in [-0.3, -0.25) is 0 Å². The Hall–Kier alpha value is -1.10. The second-order valence-corrected chi connectivity index (χ2v) is 4.97. The molecule has 1 aromatic carbocycles. The summed E-state index contributed by atoms with van der Waals surface area (Å²) in [6.07, 6.45) is 1.21. The van der Waals surface area contributed by atoms with E-state index in [0.717, 1.165) is 10.6 Å². The molecule has 0 amide bonds.